The quantitative estimate of drug-likeness (QED) is 0.273. The summed E-state index contributed by atoms with van der Waals surface area (Å²) in [7, 11) is -1.62. The molecule has 1 aliphatic heterocycles. The molecule has 0 radical (unpaired) electrons. The van der Waals surface area contributed by atoms with E-state index in [0.29, 0.717) is 27.8 Å². The summed E-state index contributed by atoms with van der Waals surface area (Å²) < 4.78 is 59.9. The number of amides is 1. The van der Waals surface area contributed by atoms with Crippen LogP contribution in [0.15, 0.2) is 77.8 Å². The molecule has 0 saturated heterocycles. The topological polar surface area (TPSA) is 117 Å². The van der Waals surface area contributed by atoms with Crippen molar-refractivity contribution in [3.8, 4) is 16.9 Å². The molecule has 1 atom stereocenters. The average Bonchev–Trinajstić information content (AvgIpc) is 3.59. The number of pyridine rings is 1. The fourth-order valence-corrected chi connectivity index (χ4v) is 6.48. The monoisotopic (exact) mass is 607 g/mol. The van der Waals surface area contributed by atoms with E-state index in [1.165, 1.54) is 61.7 Å². The minimum Gasteiger partial charge on any atom is -0.496 e. The average molecular weight is 608 g/mol. The van der Waals surface area contributed by atoms with Gasteiger partial charge in [0, 0.05) is 17.1 Å². The highest BCUT2D eigenvalue weighted by molar-refractivity contribution is 7.90. The van der Waals surface area contributed by atoms with Crippen LogP contribution in [0.5, 0.6) is 5.75 Å². The fraction of sp³-hybridized carbons (Fsp3) is 0.258. The van der Waals surface area contributed by atoms with Gasteiger partial charge in [-0.3, -0.25) is 4.90 Å². The molecule has 1 aliphatic rings. The first-order valence-corrected chi connectivity index (χ1v) is 14.7. The number of aromatic nitrogens is 2. The first-order chi connectivity index (χ1) is 20.4. The zero-order chi connectivity index (χ0) is 31.1. The summed E-state index contributed by atoms with van der Waals surface area (Å²) in [6, 6.07) is 13.9. The molecule has 2 aromatic carbocycles. The summed E-state index contributed by atoms with van der Waals surface area (Å²) in [4.78, 5) is 31.5. The van der Waals surface area contributed by atoms with Gasteiger partial charge in [0.05, 0.1) is 31.4 Å². The fourth-order valence-electron chi connectivity index (χ4n) is 4.96. The van der Waals surface area contributed by atoms with Gasteiger partial charge >= 0.3 is 12.1 Å². The predicted molar refractivity (Wildman–Crippen MR) is 157 cm³/mol. The number of benzene rings is 2. The Hall–Kier alpha value is -4.71. The lowest BCUT2D eigenvalue weighted by atomic mass is 10.0. The van der Waals surface area contributed by atoms with Crippen LogP contribution in [-0.4, -0.2) is 66.7 Å². The summed E-state index contributed by atoms with van der Waals surface area (Å²) in [5, 5.41) is 0.382. The van der Waals surface area contributed by atoms with Crippen LogP contribution in [0.3, 0.4) is 0 Å². The van der Waals surface area contributed by atoms with Gasteiger partial charge in [-0.25, -0.2) is 31.4 Å². The van der Waals surface area contributed by atoms with Gasteiger partial charge in [-0.15, -0.1) is 0 Å². The van der Waals surface area contributed by atoms with E-state index in [9.17, 15) is 22.4 Å². The van der Waals surface area contributed by atoms with Crippen LogP contribution < -0.4 is 4.74 Å². The zero-order valence-corrected chi connectivity index (χ0v) is 25.0. The van der Waals surface area contributed by atoms with Crippen molar-refractivity contribution in [2.24, 2.45) is 0 Å². The van der Waals surface area contributed by atoms with Crippen molar-refractivity contribution in [1.29, 1.82) is 0 Å². The lowest BCUT2D eigenvalue weighted by Crippen LogP contribution is -2.44. The predicted octanol–water partition coefficient (Wildman–Crippen LogP) is 5.26. The molecule has 12 heteroatoms. The molecule has 0 fully saturated rings. The van der Waals surface area contributed by atoms with E-state index in [1.54, 1.807) is 51.1 Å². The largest absolute Gasteiger partial charge is 0.496 e. The minimum atomic E-state index is -4.27. The number of ether oxygens (including phenoxy) is 3. The molecule has 4 aromatic rings. The van der Waals surface area contributed by atoms with Gasteiger partial charge in [-0.1, -0.05) is 18.2 Å². The van der Waals surface area contributed by atoms with E-state index in [0.717, 1.165) is 3.97 Å². The molecule has 0 saturated carbocycles. The van der Waals surface area contributed by atoms with Gasteiger partial charge < -0.3 is 14.2 Å². The first-order valence-electron chi connectivity index (χ1n) is 13.3. The molecule has 0 aliphatic carbocycles. The van der Waals surface area contributed by atoms with Crippen LogP contribution in [0.2, 0.25) is 0 Å². The summed E-state index contributed by atoms with van der Waals surface area (Å²) in [5.74, 6) is -0.862. The molecule has 0 unspecified atom stereocenters. The number of nitrogens with zero attached hydrogens (tertiary/aromatic N) is 3. The second-order valence-corrected chi connectivity index (χ2v) is 12.6. The molecule has 1 amide bonds. The standard InChI is InChI=1S/C31H30FN3O7S/c1-31(2,3)42-30(37)34-18-19(15-26(34)29(36)41-5)25-17-24-22(23-16-20(32)11-12-27(23)40-4)13-14-33-28(24)35(25)43(38,39)21-9-7-6-8-10-21/h6-17,26H,18H2,1-5H3/t26-/m0/s1. The molecular weight excluding hydrogens is 577 g/mol. The maximum Gasteiger partial charge on any atom is 0.411 e. The van der Waals surface area contributed by atoms with Crippen LogP contribution in [0.25, 0.3) is 27.7 Å². The third-order valence-electron chi connectivity index (χ3n) is 6.83. The first kappa shape index (κ1) is 29.8. The Morgan fingerprint density at radius 1 is 1.00 bits per heavy atom. The molecule has 2 aromatic heterocycles. The van der Waals surface area contributed by atoms with Crippen molar-refractivity contribution in [2.45, 2.75) is 37.3 Å². The number of fused-ring (bicyclic) bond motifs is 1. The number of carbonyl (C=O) groups is 2. The third kappa shape index (κ3) is 5.57. The van der Waals surface area contributed by atoms with Crippen LogP contribution in [0.1, 0.15) is 26.5 Å². The number of esters is 1. The Balaban J connectivity index is 1.77. The van der Waals surface area contributed by atoms with E-state index >= 15 is 0 Å². The molecule has 224 valence electrons. The Kier molecular flexibility index (Phi) is 7.74. The van der Waals surface area contributed by atoms with Gasteiger partial charge in [0.25, 0.3) is 10.0 Å². The highest BCUT2D eigenvalue weighted by Crippen LogP contribution is 2.40. The zero-order valence-electron chi connectivity index (χ0n) is 24.2. The molecule has 43 heavy (non-hydrogen) atoms. The Morgan fingerprint density at radius 3 is 2.37 bits per heavy atom. The summed E-state index contributed by atoms with van der Waals surface area (Å²) >= 11 is 0. The van der Waals surface area contributed by atoms with Crippen molar-refractivity contribution in [2.75, 3.05) is 20.8 Å². The van der Waals surface area contributed by atoms with Crippen molar-refractivity contribution in [1.82, 2.24) is 13.9 Å². The molecule has 3 heterocycles. The van der Waals surface area contributed by atoms with Crippen LogP contribution in [0.4, 0.5) is 9.18 Å². The normalized spacial score (nSPS) is 15.3. The molecule has 5 rings (SSSR count). The summed E-state index contributed by atoms with van der Waals surface area (Å²) in [6.45, 7) is 4.93. The van der Waals surface area contributed by atoms with Gasteiger partial charge in [-0.05, 0) is 80.4 Å². The van der Waals surface area contributed by atoms with Gasteiger partial charge in [0.15, 0.2) is 11.7 Å². The number of halogens is 1. The van der Waals surface area contributed by atoms with E-state index in [2.05, 4.69) is 4.98 Å². The highest BCUT2D eigenvalue weighted by Gasteiger charge is 2.39. The minimum absolute atomic E-state index is 0.00333. The third-order valence-corrected chi connectivity index (χ3v) is 8.55. The number of rotatable bonds is 6. The maximum absolute atomic E-state index is 14.4. The lowest BCUT2D eigenvalue weighted by Gasteiger charge is -2.27. The molecule has 10 nitrogen and oxygen atoms in total. The Labute approximate surface area is 248 Å². The van der Waals surface area contributed by atoms with Crippen molar-refractivity contribution < 1.29 is 36.6 Å². The summed E-state index contributed by atoms with van der Waals surface area (Å²) in [5.41, 5.74) is 0.573. The van der Waals surface area contributed by atoms with Crippen molar-refractivity contribution >= 4 is 38.7 Å². The van der Waals surface area contributed by atoms with Crippen molar-refractivity contribution in [3.63, 3.8) is 0 Å². The van der Waals surface area contributed by atoms with Gasteiger partial charge in [-0.2, -0.15) is 0 Å². The van der Waals surface area contributed by atoms with Crippen LogP contribution >= 0.6 is 0 Å². The number of methoxy groups -OCH3 is 2. The van der Waals surface area contributed by atoms with Gasteiger partial charge in [0.2, 0.25) is 0 Å². The summed E-state index contributed by atoms with van der Waals surface area (Å²) in [6.07, 6.45) is 2.13. The molecule has 0 N–H and O–H groups in total. The van der Waals surface area contributed by atoms with Gasteiger partial charge in [0.1, 0.15) is 17.2 Å². The SMILES string of the molecule is COC(=O)[C@@H]1C=C(c2cc3c(-c4cc(F)ccc4OC)ccnc3n2S(=O)(=O)c2ccccc2)CN1C(=O)OC(C)(C)C. The highest BCUT2D eigenvalue weighted by atomic mass is 32.2. The van der Waals surface area contributed by atoms with E-state index < -0.39 is 39.5 Å². The second kappa shape index (κ2) is 11.2. The van der Waals surface area contributed by atoms with E-state index in [4.69, 9.17) is 14.2 Å². The smallest absolute Gasteiger partial charge is 0.411 e. The Bertz CT molecular complexity index is 1860. The van der Waals surface area contributed by atoms with E-state index in [1.807, 2.05) is 0 Å². The van der Waals surface area contributed by atoms with E-state index in [-0.39, 0.29) is 22.8 Å². The van der Waals surface area contributed by atoms with Crippen LogP contribution in [0, 0.1) is 5.82 Å². The number of carbonyl (C=O) groups excluding carboxylic acids is 2. The second-order valence-electron chi connectivity index (χ2n) is 10.8. The number of hydrogen-bond acceptors (Lipinski definition) is 8. The van der Waals surface area contributed by atoms with Crippen molar-refractivity contribution in [3.05, 3.63) is 84.4 Å². The molecule has 0 spiro atoms. The lowest BCUT2D eigenvalue weighted by molar-refractivity contribution is -0.144. The maximum atomic E-state index is 14.4. The molecule has 0 bridgehead atoms. The number of hydrogen-bond donors (Lipinski definition) is 0. The Morgan fingerprint density at radius 2 is 1.72 bits per heavy atom. The van der Waals surface area contributed by atoms with Crippen LogP contribution in [-0.2, 0) is 24.3 Å². The molecular formula is C31H30FN3O7S.